The van der Waals surface area contributed by atoms with Crippen molar-refractivity contribution in [3.63, 3.8) is 0 Å². The molecular formula is C21H22O3. The molecule has 4 rings (SSSR count). The Kier molecular flexibility index (Phi) is 3.60. The lowest BCUT2D eigenvalue weighted by Crippen LogP contribution is -2.34. The number of aromatic hydroxyl groups is 1. The number of hydrogen-bond donors (Lipinski definition) is 1. The third-order valence-electron chi connectivity index (χ3n) is 6.05. The molecule has 3 unspecified atom stereocenters. The second-order valence-electron chi connectivity index (χ2n) is 7.17. The molecular weight excluding hydrogens is 300 g/mol. The number of phenols is 1. The first-order valence-corrected chi connectivity index (χ1v) is 8.62. The fourth-order valence-corrected chi connectivity index (χ4v) is 4.98. The molecule has 0 amide bonds. The molecule has 24 heavy (non-hydrogen) atoms. The van der Waals surface area contributed by atoms with E-state index in [1.807, 2.05) is 12.1 Å². The topological polar surface area (TPSA) is 46.5 Å². The molecule has 0 heterocycles. The first kappa shape index (κ1) is 15.3. The third-order valence-corrected chi connectivity index (χ3v) is 6.05. The van der Waals surface area contributed by atoms with Crippen LogP contribution in [0.4, 0.5) is 0 Å². The molecule has 0 aliphatic heterocycles. The smallest absolute Gasteiger partial charge is 0.337 e. The molecule has 2 aliphatic rings. The quantitative estimate of drug-likeness (QED) is 0.858. The number of phenolic OH excluding ortho intramolecular Hbond substituents is 1. The van der Waals surface area contributed by atoms with Gasteiger partial charge in [0.05, 0.1) is 12.7 Å². The van der Waals surface area contributed by atoms with Crippen molar-refractivity contribution in [1.82, 2.24) is 0 Å². The number of methoxy groups -OCH3 is 1. The van der Waals surface area contributed by atoms with Crippen LogP contribution in [0.15, 0.2) is 48.5 Å². The molecule has 124 valence electrons. The molecule has 0 aromatic heterocycles. The Balaban J connectivity index is 1.79. The van der Waals surface area contributed by atoms with Crippen LogP contribution >= 0.6 is 0 Å². The number of carbonyl (C=O) groups is 1. The van der Waals surface area contributed by atoms with E-state index >= 15 is 0 Å². The van der Waals surface area contributed by atoms with Gasteiger partial charge in [-0.3, -0.25) is 0 Å². The van der Waals surface area contributed by atoms with Crippen molar-refractivity contribution in [2.24, 2.45) is 11.8 Å². The van der Waals surface area contributed by atoms with Crippen molar-refractivity contribution in [1.29, 1.82) is 0 Å². The van der Waals surface area contributed by atoms with Crippen molar-refractivity contribution in [3.8, 4) is 5.75 Å². The van der Waals surface area contributed by atoms with Crippen LogP contribution in [0.25, 0.3) is 0 Å². The van der Waals surface area contributed by atoms with Crippen LogP contribution in [0, 0.1) is 11.8 Å². The fraction of sp³-hybridized carbons (Fsp3) is 0.381. The average molecular weight is 322 g/mol. The summed E-state index contributed by atoms with van der Waals surface area (Å²) in [6.07, 6.45) is 5.01. The van der Waals surface area contributed by atoms with E-state index in [0.29, 0.717) is 17.2 Å². The summed E-state index contributed by atoms with van der Waals surface area (Å²) in [5.41, 5.74) is 3.14. The van der Waals surface area contributed by atoms with Gasteiger partial charge in [-0.2, -0.15) is 0 Å². The molecule has 3 atom stereocenters. The maximum absolute atomic E-state index is 11.7. The van der Waals surface area contributed by atoms with Crippen LogP contribution in [0.2, 0.25) is 0 Å². The van der Waals surface area contributed by atoms with E-state index in [4.69, 9.17) is 4.74 Å². The molecule has 0 spiro atoms. The minimum atomic E-state index is -0.298. The Bertz CT molecular complexity index is 748. The van der Waals surface area contributed by atoms with Crippen molar-refractivity contribution in [2.75, 3.05) is 7.11 Å². The molecule has 2 bridgehead atoms. The molecule has 2 aromatic rings. The normalized spacial score (nSPS) is 28.0. The maximum Gasteiger partial charge on any atom is 0.337 e. The van der Waals surface area contributed by atoms with Gasteiger partial charge in [0.1, 0.15) is 5.75 Å². The Morgan fingerprint density at radius 3 is 2.17 bits per heavy atom. The van der Waals surface area contributed by atoms with Gasteiger partial charge in [0.15, 0.2) is 0 Å². The number of benzene rings is 2. The van der Waals surface area contributed by atoms with Crippen molar-refractivity contribution in [3.05, 3.63) is 65.2 Å². The molecule has 2 saturated carbocycles. The van der Waals surface area contributed by atoms with Crippen LogP contribution in [0.1, 0.15) is 47.2 Å². The fourth-order valence-electron chi connectivity index (χ4n) is 4.98. The second-order valence-corrected chi connectivity index (χ2v) is 7.17. The zero-order valence-corrected chi connectivity index (χ0v) is 13.9. The van der Waals surface area contributed by atoms with Gasteiger partial charge >= 0.3 is 5.97 Å². The maximum atomic E-state index is 11.7. The summed E-state index contributed by atoms with van der Waals surface area (Å²) in [6.45, 7) is 0. The molecule has 3 nitrogen and oxygen atoms in total. The van der Waals surface area contributed by atoms with E-state index in [1.54, 1.807) is 12.1 Å². The molecule has 0 saturated heterocycles. The summed E-state index contributed by atoms with van der Waals surface area (Å²) >= 11 is 0. The molecule has 2 aliphatic carbocycles. The van der Waals surface area contributed by atoms with Gasteiger partial charge in [0.2, 0.25) is 0 Å². The molecule has 1 N–H and O–H groups in total. The Labute approximate surface area is 142 Å². The van der Waals surface area contributed by atoms with Gasteiger partial charge in [-0.05, 0) is 66.5 Å². The van der Waals surface area contributed by atoms with E-state index in [1.165, 1.54) is 37.5 Å². The molecule has 2 fully saturated rings. The Morgan fingerprint density at radius 2 is 1.67 bits per heavy atom. The molecule has 0 radical (unpaired) electrons. The van der Waals surface area contributed by atoms with E-state index in [0.717, 1.165) is 12.3 Å². The summed E-state index contributed by atoms with van der Waals surface area (Å²) in [5, 5.41) is 9.66. The number of rotatable bonds is 3. The minimum absolute atomic E-state index is 0.00522. The summed E-state index contributed by atoms with van der Waals surface area (Å²) in [7, 11) is 1.41. The lowest BCUT2D eigenvalue weighted by Gasteiger charge is -2.39. The SMILES string of the molecule is COC(=O)c1ccc(C2(c3ccc(O)cc3)CC3CCC2C3)cc1. The largest absolute Gasteiger partial charge is 0.508 e. The highest BCUT2D eigenvalue weighted by Gasteiger charge is 2.52. The molecule has 3 heteroatoms. The van der Waals surface area contributed by atoms with Gasteiger partial charge in [-0.1, -0.05) is 30.7 Å². The zero-order chi connectivity index (χ0) is 16.7. The van der Waals surface area contributed by atoms with Gasteiger partial charge in [-0.15, -0.1) is 0 Å². The van der Waals surface area contributed by atoms with Gasteiger partial charge in [0, 0.05) is 5.41 Å². The zero-order valence-electron chi connectivity index (χ0n) is 13.9. The summed E-state index contributed by atoms with van der Waals surface area (Å²) in [6, 6.07) is 15.6. The number of ether oxygens (including phenoxy) is 1. The summed E-state index contributed by atoms with van der Waals surface area (Å²) < 4.78 is 4.81. The Hall–Kier alpha value is -2.29. The summed E-state index contributed by atoms with van der Waals surface area (Å²) in [5.74, 6) is 1.42. The van der Waals surface area contributed by atoms with Crippen LogP contribution in [-0.4, -0.2) is 18.2 Å². The van der Waals surface area contributed by atoms with Gasteiger partial charge < -0.3 is 9.84 Å². The van der Waals surface area contributed by atoms with Crippen molar-refractivity contribution >= 4 is 5.97 Å². The highest BCUT2D eigenvalue weighted by Crippen LogP contribution is 2.60. The van der Waals surface area contributed by atoms with Crippen molar-refractivity contribution < 1.29 is 14.6 Å². The third kappa shape index (κ3) is 2.22. The number of hydrogen-bond acceptors (Lipinski definition) is 3. The van der Waals surface area contributed by atoms with Gasteiger partial charge in [-0.25, -0.2) is 4.79 Å². The second kappa shape index (κ2) is 5.66. The van der Waals surface area contributed by atoms with Crippen LogP contribution < -0.4 is 0 Å². The van der Waals surface area contributed by atoms with Crippen LogP contribution in [0.3, 0.4) is 0 Å². The standard InChI is InChI=1S/C21H22O3/c1-24-20(23)15-3-6-16(7-4-15)21(13-14-2-5-18(21)12-14)17-8-10-19(22)11-9-17/h3-4,6-11,14,18,22H,2,5,12-13H2,1H3. The monoisotopic (exact) mass is 322 g/mol. The highest BCUT2D eigenvalue weighted by atomic mass is 16.5. The Morgan fingerprint density at radius 1 is 1.04 bits per heavy atom. The van der Waals surface area contributed by atoms with E-state index < -0.39 is 0 Å². The van der Waals surface area contributed by atoms with E-state index in [2.05, 4.69) is 24.3 Å². The first-order valence-electron chi connectivity index (χ1n) is 8.62. The average Bonchev–Trinajstić information content (AvgIpc) is 3.23. The molecule has 2 aromatic carbocycles. The number of fused-ring (bicyclic) bond motifs is 2. The van der Waals surface area contributed by atoms with Gasteiger partial charge in [0.25, 0.3) is 0 Å². The summed E-state index contributed by atoms with van der Waals surface area (Å²) in [4.78, 5) is 11.7. The van der Waals surface area contributed by atoms with Crippen LogP contribution in [0.5, 0.6) is 5.75 Å². The first-order chi connectivity index (χ1) is 11.6. The van der Waals surface area contributed by atoms with Crippen molar-refractivity contribution in [2.45, 2.75) is 31.1 Å². The highest BCUT2D eigenvalue weighted by molar-refractivity contribution is 5.89. The lowest BCUT2D eigenvalue weighted by atomic mass is 9.64. The van der Waals surface area contributed by atoms with E-state index in [-0.39, 0.29) is 11.4 Å². The number of esters is 1. The predicted octanol–water partition coefficient (Wildman–Crippen LogP) is 4.28. The van der Waals surface area contributed by atoms with Crippen LogP contribution in [-0.2, 0) is 10.2 Å². The minimum Gasteiger partial charge on any atom is -0.508 e. The predicted molar refractivity (Wildman–Crippen MR) is 92.1 cm³/mol. The van der Waals surface area contributed by atoms with E-state index in [9.17, 15) is 9.90 Å². The lowest BCUT2D eigenvalue weighted by molar-refractivity contribution is 0.0600. The number of carbonyl (C=O) groups excluding carboxylic acids is 1.